The summed E-state index contributed by atoms with van der Waals surface area (Å²) in [6.45, 7) is 6.12. The maximum Gasteiger partial charge on any atom is 0.0700 e. The molecular weight excluding hydrogens is 537 g/mol. The number of hydrogen-bond acceptors (Lipinski definition) is 4. The first-order chi connectivity index (χ1) is 17.7. The predicted octanol–water partition coefficient (Wildman–Crippen LogP) is 6.61. The molecular formula is C32H39O4Y-. The van der Waals surface area contributed by atoms with Crippen LogP contribution in [0.1, 0.15) is 42.4 Å². The van der Waals surface area contributed by atoms with Crippen LogP contribution in [0, 0.1) is 13.0 Å². The molecule has 3 aromatic rings. The fraction of sp³-hybridized carbons (Fsp3) is 0.438. The standard InChI is InChI=1S/C32H39O4.Y/c1-25-10-12-26(13-11-25)27-14-15-29-28-8-4-5-9-30(28)32(31(29)24-27,16-6-18-35-22-20-33-2)17-7-19-36-23-21-34-3;/h4,8-15,24H,6-7,16-23H2,1-3H3;/q-1;. The van der Waals surface area contributed by atoms with Gasteiger partial charge in [0.15, 0.2) is 0 Å². The van der Waals surface area contributed by atoms with E-state index in [1.807, 2.05) is 6.07 Å². The Bertz CT molecular complexity index is 1080. The average Bonchev–Trinajstić information content (AvgIpc) is 3.18. The summed E-state index contributed by atoms with van der Waals surface area (Å²) in [7, 11) is 3.42. The molecule has 0 heterocycles. The number of methoxy groups -OCH3 is 2. The van der Waals surface area contributed by atoms with Gasteiger partial charge in [0.05, 0.1) is 26.4 Å². The van der Waals surface area contributed by atoms with Crippen LogP contribution in [0.15, 0.2) is 60.7 Å². The molecule has 0 saturated carbocycles. The fourth-order valence-electron chi connectivity index (χ4n) is 5.41. The van der Waals surface area contributed by atoms with Gasteiger partial charge >= 0.3 is 0 Å². The second-order valence-electron chi connectivity index (χ2n) is 9.60. The summed E-state index contributed by atoms with van der Waals surface area (Å²) in [5, 5.41) is 0. The van der Waals surface area contributed by atoms with Crippen LogP contribution in [0.4, 0.5) is 0 Å². The molecule has 0 amide bonds. The van der Waals surface area contributed by atoms with Crippen molar-refractivity contribution in [1.29, 1.82) is 0 Å². The Labute approximate surface area is 247 Å². The molecule has 5 heteroatoms. The van der Waals surface area contributed by atoms with E-state index in [1.54, 1.807) is 14.2 Å². The van der Waals surface area contributed by atoms with Crippen molar-refractivity contribution in [2.45, 2.75) is 38.0 Å². The topological polar surface area (TPSA) is 36.9 Å². The second-order valence-corrected chi connectivity index (χ2v) is 9.60. The molecule has 37 heavy (non-hydrogen) atoms. The second kappa shape index (κ2) is 15.3. The summed E-state index contributed by atoms with van der Waals surface area (Å²) >= 11 is 0. The van der Waals surface area contributed by atoms with E-state index < -0.39 is 0 Å². The van der Waals surface area contributed by atoms with Crippen LogP contribution in [0.2, 0.25) is 0 Å². The molecule has 1 radical (unpaired) electrons. The van der Waals surface area contributed by atoms with E-state index in [1.165, 1.54) is 38.9 Å². The number of fused-ring (bicyclic) bond motifs is 3. The zero-order valence-electron chi connectivity index (χ0n) is 22.6. The van der Waals surface area contributed by atoms with E-state index in [4.69, 9.17) is 18.9 Å². The number of hydrogen-bond donors (Lipinski definition) is 0. The van der Waals surface area contributed by atoms with Crippen molar-refractivity contribution < 1.29 is 51.7 Å². The normalized spacial score (nSPS) is 13.2. The van der Waals surface area contributed by atoms with Gasteiger partial charge in [0.1, 0.15) is 0 Å². The molecule has 0 fully saturated rings. The van der Waals surface area contributed by atoms with Crippen LogP contribution in [0.5, 0.6) is 0 Å². The fourth-order valence-corrected chi connectivity index (χ4v) is 5.41. The van der Waals surface area contributed by atoms with Crippen molar-refractivity contribution in [1.82, 2.24) is 0 Å². The van der Waals surface area contributed by atoms with Gasteiger partial charge in [0, 0.05) is 60.1 Å². The molecule has 4 rings (SSSR count). The molecule has 0 N–H and O–H groups in total. The molecule has 4 nitrogen and oxygen atoms in total. The maximum atomic E-state index is 5.86. The average molecular weight is 577 g/mol. The van der Waals surface area contributed by atoms with Gasteiger partial charge in [-0.1, -0.05) is 48.0 Å². The Morgan fingerprint density at radius 2 is 1.27 bits per heavy atom. The van der Waals surface area contributed by atoms with Crippen molar-refractivity contribution in [2.24, 2.45) is 0 Å². The Kier molecular flexibility index (Phi) is 12.4. The summed E-state index contributed by atoms with van der Waals surface area (Å²) in [4.78, 5) is 0. The van der Waals surface area contributed by atoms with E-state index in [2.05, 4.69) is 67.6 Å². The molecule has 0 aliphatic heterocycles. The molecule has 195 valence electrons. The summed E-state index contributed by atoms with van der Waals surface area (Å²) in [6, 6.07) is 25.7. The van der Waals surface area contributed by atoms with Crippen LogP contribution >= 0.6 is 0 Å². The summed E-state index contributed by atoms with van der Waals surface area (Å²) in [5.41, 5.74) is 9.19. The summed E-state index contributed by atoms with van der Waals surface area (Å²) < 4.78 is 22.0. The summed E-state index contributed by atoms with van der Waals surface area (Å²) in [6.07, 6.45) is 4.01. The van der Waals surface area contributed by atoms with Crippen molar-refractivity contribution in [2.75, 3.05) is 53.9 Å². The van der Waals surface area contributed by atoms with Gasteiger partial charge in [-0.15, -0.1) is 11.1 Å². The summed E-state index contributed by atoms with van der Waals surface area (Å²) in [5.74, 6) is 0. The molecule has 1 aliphatic carbocycles. The molecule has 0 saturated heterocycles. The molecule has 0 atom stereocenters. The third kappa shape index (κ3) is 7.38. The molecule has 3 aromatic carbocycles. The van der Waals surface area contributed by atoms with E-state index >= 15 is 0 Å². The van der Waals surface area contributed by atoms with Gasteiger partial charge in [-0.05, 0) is 60.3 Å². The van der Waals surface area contributed by atoms with Gasteiger partial charge < -0.3 is 18.9 Å². The molecule has 0 spiro atoms. The largest absolute Gasteiger partial charge is 0.382 e. The minimum Gasteiger partial charge on any atom is -0.382 e. The van der Waals surface area contributed by atoms with E-state index in [0.29, 0.717) is 26.4 Å². The van der Waals surface area contributed by atoms with Gasteiger partial charge in [-0.3, -0.25) is 0 Å². The van der Waals surface area contributed by atoms with E-state index in [9.17, 15) is 0 Å². The van der Waals surface area contributed by atoms with Crippen molar-refractivity contribution in [3.05, 3.63) is 83.4 Å². The van der Waals surface area contributed by atoms with Gasteiger partial charge in [0.25, 0.3) is 0 Å². The smallest absolute Gasteiger partial charge is 0.0700 e. The third-order valence-electron chi connectivity index (χ3n) is 7.24. The maximum absolute atomic E-state index is 5.86. The van der Waals surface area contributed by atoms with Gasteiger partial charge in [-0.2, -0.15) is 24.3 Å². The van der Waals surface area contributed by atoms with Crippen LogP contribution in [-0.4, -0.2) is 53.9 Å². The van der Waals surface area contributed by atoms with Gasteiger partial charge in [-0.25, -0.2) is 0 Å². The molecule has 0 bridgehead atoms. The van der Waals surface area contributed by atoms with Crippen molar-refractivity contribution in [3.8, 4) is 22.3 Å². The van der Waals surface area contributed by atoms with Crippen LogP contribution in [0.25, 0.3) is 22.3 Å². The third-order valence-corrected chi connectivity index (χ3v) is 7.24. The first-order valence-electron chi connectivity index (χ1n) is 13.1. The first kappa shape index (κ1) is 30.1. The Balaban J connectivity index is 0.00000380. The minimum atomic E-state index is -0.0850. The van der Waals surface area contributed by atoms with Crippen LogP contribution < -0.4 is 0 Å². The molecule has 0 unspecified atom stereocenters. The zero-order valence-corrected chi connectivity index (χ0v) is 25.4. The Hall–Kier alpha value is -1.40. The van der Waals surface area contributed by atoms with E-state index in [0.717, 1.165) is 38.9 Å². The van der Waals surface area contributed by atoms with Gasteiger partial charge in [0.2, 0.25) is 0 Å². The Morgan fingerprint density at radius 3 is 1.89 bits per heavy atom. The Morgan fingerprint density at radius 1 is 0.676 bits per heavy atom. The van der Waals surface area contributed by atoms with Crippen LogP contribution in [-0.2, 0) is 57.1 Å². The zero-order chi connectivity index (χ0) is 25.2. The SMILES string of the molecule is COCCOCCCC1(CCCOCCOC)c2c[c-]ccc2-c2ccc(-c3ccc(C)cc3)cc21.[Y]. The van der Waals surface area contributed by atoms with Crippen molar-refractivity contribution >= 4 is 0 Å². The molecule has 0 aromatic heterocycles. The number of rotatable bonds is 15. The quantitative estimate of drug-likeness (QED) is 0.151. The number of aryl methyl sites for hydroxylation is 1. The van der Waals surface area contributed by atoms with Crippen molar-refractivity contribution in [3.63, 3.8) is 0 Å². The number of ether oxygens (including phenoxy) is 4. The first-order valence-corrected chi connectivity index (χ1v) is 13.1. The molecule has 1 aliphatic rings. The minimum absolute atomic E-state index is 0. The van der Waals surface area contributed by atoms with Crippen LogP contribution in [0.3, 0.4) is 0 Å². The number of benzene rings is 3. The van der Waals surface area contributed by atoms with E-state index in [-0.39, 0.29) is 38.1 Å². The monoisotopic (exact) mass is 576 g/mol. The predicted molar refractivity (Wildman–Crippen MR) is 146 cm³/mol.